The normalized spacial score (nSPS) is 11.5. The van der Waals surface area contributed by atoms with Gasteiger partial charge in [-0.15, -0.1) is 0 Å². The van der Waals surface area contributed by atoms with Gasteiger partial charge >= 0.3 is 6.18 Å². The molecule has 0 saturated heterocycles. The molecule has 1 amide bonds. The third-order valence-electron chi connectivity index (χ3n) is 2.98. The Hall–Kier alpha value is -2.06. The minimum absolute atomic E-state index is 0.0232. The van der Waals surface area contributed by atoms with E-state index >= 15 is 0 Å². The molecule has 24 heavy (non-hydrogen) atoms. The van der Waals surface area contributed by atoms with Crippen LogP contribution < -0.4 is 5.32 Å². The van der Waals surface area contributed by atoms with Gasteiger partial charge in [-0.3, -0.25) is 9.48 Å². The molecule has 0 bridgehead atoms. The standard InChI is InChI=1S/C15H15ClF3N3O2/c16-13-4-2-1-3-11(13)8-22-9-12(7-21-22)14(23)20-5-6-24-10-15(17,18)19/h1-4,7,9H,5-6,8,10H2,(H,20,23). The number of benzene rings is 1. The van der Waals surface area contributed by atoms with Crippen molar-refractivity contribution in [3.63, 3.8) is 0 Å². The molecular weight excluding hydrogens is 347 g/mol. The average molecular weight is 362 g/mol. The van der Waals surface area contributed by atoms with E-state index in [0.717, 1.165) is 5.56 Å². The molecule has 0 aliphatic rings. The molecule has 5 nitrogen and oxygen atoms in total. The molecule has 9 heteroatoms. The van der Waals surface area contributed by atoms with E-state index in [2.05, 4.69) is 15.2 Å². The van der Waals surface area contributed by atoms with E-state index in [1.807, 2.05) is 18.2 Å². The largest absolute Gasteiger partial charge is 0.411 e. The van der Waals surface area contributed by atoms with Crippen molar-refractivity contribution >= 4 is 17.5 Å². The Labute approximate surface area is 141 Å². The van der Waals surface area contributed by atoms with E-state index in [1.165, 1.54) is 12.4 Å². The van der Waals surface area contributed by atoms with Gasteiger partial charge in [0.05, 0.1) is 24.9 Å². The van der Waals surface area contributed by atoms with Crippen LogP contribution in [-0.4, -0.2) is 41.6 Å². The number of carbonyl (C=O) groups is 1. The highest BCUT2D eigenvalue weighted by Gasteiger charge is 2.27. The zero-order valence-electron chi connectivity index (χ0n) is 12.5. The van der Waals surface area contributed by atoms with Crippen LogP contribution in [0, 0.1) is 0 Å². The van der Waals surface area contributed by atoms with Crippen LogP contribution in [0.4, 0.5) is 13.2 Å². The second kappa shape index (κ2) is 8.16. The first-order valence-electron chi connectivity index (χ1n) is 7.04. The summed E-state index contributed by atoms with van der Waals surface area (Å²) in [7, 11) is 0. The van der Waals surface area contributed by atoms with Crippen molar-refractivity contribution in [1.82, 2.24) is 15.1 Å². The quantitative estimate of drug-likeness (QED) is 0.771. The first-order valence-corrected chi connectivity index (χ1v) is 7.41. The minimum Gasteiger partial charge on any atom is -0.370 e. The highest BCUT2D eigenvalue weighted by Crippen LogP contribution is 2.16. The second-order valence-electron chi connectivity index (χ2n) is 4.94. The lowest BCUT2D eigenvalue weighted by Crippen LogP contribution is -2.28. The van der Waals surface area contributed by atoms with Gasteiger partial charge in [-0.25, -0.2) is 0 Å². The predicted molar refractivity (Wildman–Crippen MR) is 82.0 cm³/mol. The second-order valence-corrected chi connectivity index (χ2v) is 5.35. The van der Waals surface area contributed by atoms with Crippen LogP contribution in [-0.2, 0) is 11.3 Å². The smallest absolute Gasteiger partial charge is 0.370 e. The molecular formula is C15H15ClF3N3O2. The summed E-state index contributed by atoms with van der Waals surface area (Å²) >= 11 is 6.06. The third kappa shape index (κ3) is 5.86. The molecule has 0 radical (unpaired) electrons. The number of hydrogen-bond donors (Lipinski definition) is 1. The fourth-order valence-corrected chi connectivity index (χ4v) is 2.09. The highest BCUT2D eigenvalue weighted by atomic mass is 35.5. The van der Waals surface area contributed by atoms with Gasteiger partial charge in [0.1, 0.15) is 6.61 Å². The Morgan fingerprint density at radius 2 is 2.08 bits per heavy atom. The minimum atomic E-state index is -4.37. The lowest BCUT2D eigenvalue weighted by Gasteiger charge is -2.08. The lowest BCUT2D eigenvalue weighted by molar-refractivity contribution is -0.173. The summed E-state index contributed by atoms with van der Waals surface area (Å²) in [6.07, 6.45) is -1.46. The molecule has 130 valence electrons. The molecule has 1 heterocycles. The number of nitrogens with one attached hydrogen (secondary N) is 1. The molecule has 0 atom stereocenters. The number of rotatable bonds is 7. The van der Waals surface area contributed by atoms with Crippen LogP contribution in [0.1, 0.15) is 15.9 Å². The first kappa shape index (κ1) is 18.3. The van der Waals surface area contributed by atoms with E-state index in [9.17, 15) is 18.0 Å². The Morgan fingerprint density at radius 3 is 2.79 bits per heavy atom. The Kier molecular flexibility index (Phi) is 6.22. The van der Waals surface area contributed by atoms with Gasteiger partial charge in [-0.05, 0) is 11.6 Å². The predicted octanol–water partition coefficient (Wildman–Crippen LogP) is 2.89. The number of aromatic nitrogens is 2. The summed E-state index contributed by atoms with van der Waals surface area (Å²) in [4.78, 5) is 11.9. The average Bonchev–Trinajstić information content (AvgIpc) is 2.96. The van der Waals surface area contributed by atoms with Crippen molar-refractivity contribution in [2.75, 3.05) is 19.8 Å². The Bertz CT molecular complexity index is 689. The van der Waals surface area contributed by atoms with Crippen molar-refractivity contribution in [3.8, 4) is 0 Å². The summed E-state index contributed by atoms with van der Waals surface area (Å²) in [5.41, 5.74) is 1.16. The molecule has 2 aromatic rings. The van der Waals surface area contributed by atoms with E-state index in [1.54, 1.807) is 10.7 Å². The van der Waals surface area contributed by atoms with Gasteiger partial charge in [0.2, 0.25) is 0 Å². The summed E-state index contributed by atoms with van der Waals surface area (Å²) in [6, 6.07) is 7.27. The molecule has 0 aliphatic carbocycles. The fourth-order valence-electron chi connectivity index (χ4n) is 1.90. The summed E-state index contributed by atoms with van der Waals surface area (Å²) in [5, 5.41) is 7.13. The fraction of sp³-hybridized carbons (Fsp3) is 0.333. The zero-order valence-corrected chi connectivity index (χ0v) is 13.3. The topological polar surface area (TPSA) is 56.1 Å². The zero-order chi connectivity index (χ0) is 17.6. The number of halogens is 4. The van der Waals surface area contributed by atoms with Crippen LogP contribution >= 0.6 is 11.6 Å². The van der Waals surface area contributed by atoms with E-state index in [0.29, 0.717) is 17.1 Å². The summed E-state index contributed by atoms with van der Waals surface area (Å²) in [5.74, 6) is -0.434. The number of amides is 1. The molecule has 0 fully saturated rings. The lowest BCUT2D eigenvalue weighted by atomic mass is 10.2. The van der Waals surface area contributed by atoms with E-state index in [-0.39, 0.29) is 13.2 Å². The summed E-state index contributed by atoms with van der Waals surface area (Å²) in [6.45, 7) is -1.18. The van der Waals surface area contributed by atoms with Gasteiger partial charge in [0.15, 0.2) is 0 Å². The molecule has 1 aromatic heterocycles. The highest BCUT2D eigenvalue weighted by molar-refractivity contribution is 6.31. The maximum absolute atomic E-state index is 11.9. The van der Waals surface area contributed by atoms with E-state index in [4.69, 9.17) is 11.6 Å². The van der Waals surface area contributed by atoms with Gasteiger partial charge in [0.25, 0.3) is 5.91 Å². The molecule has 1 aromatic carbocycles. The summed E-state index contributed by atoms with van der Waals surface area (Å²) < 4.78 is 41.6. The van der Waals surface area contributed by atoms with Crippen molar-refractivity contribution in [1.29, 1.82) is 0 Å². The molecule has 0 unspecified atom stereocenters. The van der Waals surface area contributed by atoms with Crippen molar-refractivity contribution in [2.45, 2.75) is 12.7 Å². The molecule has 0 spiro atoms. The van der Waals surface area contributed by atoms with Gasteiger partial charge < -0.3 is 10.1 Å². The van der Waals surface area contributed by atoms with Crippen molar-refractivity contribution < 1.29 is 22.7 Å². The van der Waals surface area contributed by atoms with E-state index < -0.39 is 18.7 Å². The molecule has 0 saturated carbocycles. The number of alkyl halides is 3. The van der Waals surface area contributed by atoms with Crippen molar-refractivity contribution in [3.05, 3.63) is 52.8 Å². The van der Waals surface area contributed by atoms with Crippen LogP contribution in [0.2, 0.25) is 5.02 Å². The van der Waals surface area contributed by atoms with Crippen LogP contribution in [0.15, 0.2) is 36.7 Å². The van der Waals surface area contributed by atoms with Gasteiger partial charge in [0, 0.05) is 17.8 Å². The van der Waals surface area contributed by atoms with Gasteiger partial charge in [-0.1, -0.05) is 29.8 Å². The van der Waals surface area contributed by atoms with Gasteiger partial charge in [-0.2, -0.15) is 18.3 Å². The maximum atomic E-state index is 11.9. The van der Waals surface area contributed by atoms with Crippen LogP contribution in [0.3, 0.4) is 0 Å². The first-order chi connectivity index (χ1) is 11.3. The molecule has 2 rings (SSSR count). The van der Waals surface area contributed by atoms with Crippen LogP contribution in [0.5, 0.6) is 0 Å². The Morgan fingerprint density at radius 1 is 1.33 bits per heavy atom. The Balaban J connectivity index is 1.80. The third-order valence-corrected chi connectivity index (χ3v) is 3.35. The molecule has 1 N–H and O–H groups in total. The maximum Gasteiger partial charge on any atom is 0.411 e. The van der Waals surface area contributed by atoms with Crippen molar-refractivity contribution in [2.24, 2.45) is 0 Å². The number of ether oxygens (including phenoxy) is 1. The number of hydrogen-bond acceptors (Lipinski definition) is 3. The monoisotopic (exact) mass is 361 g/mol. The van der Waals surface area contributed by atoms with Crippen LogP contribution in [0.25, 0.3) is 0 Å². The number of carbonyl (C=O) groups excluding carboxylic acids is 1. The molecule has 0 aliphatic heterocycles. The number of nitrogens with zero attached hydrogens (tertiary/aromatic N) is 2. The SMILES string of the molecule is O=C(NCCOCC(F)(F)F)c1cnn(Cc2ccccc2Cl)c1.